The van der Waals surface area contributed by atoms with Crippen LogP contribution < -0.4 is 10.6 Å². The third-order valence-electron chi connectivity index (χ3n) is 5.62. The zero-order chi connectivity index (χ0) is 21.8. The van der Waals surface area contributed by atoms with Crippen LogP contribution in [0, 0.1) is 0 Å². The van der Waals surface area contributed by atoms with E-state index in [1.165, 1.54) is 0 Å². The van der Waals surface area contributed by atoms with E-state index in [4.69, 9.17) is 0 Å². The molecule has 0 unspecified atom stereocenters. The molecule has 6 nitrogen and oxygen atoms in total. The average molecular weight is 415 g/mol. The van der Waals surface area contributed by atoms with Crippen molar-refractivity contribution in [1.29, 1.82) is 0 Å². The van der Waals surface area contributed by atoms with Gasteiger partial charge in [0.15, 0.2) is 0 Å². The van der Waals surface area contributed by atoms with Crippen molar-refractivity contribution >= 4 is 28.6 Å². The lowest BCUT2D eigenvalue weighted by molar-refractivity contribution is -0.132. The number of rotatable bonds is 7. The van der Waals surface area contributed by atoms with E-state index in [0.717, 1.165) is 26.8 Å². The van der Waals surface area contributed by atoms with Crippen molar-refractivity contribution in [3.05, 3.63) is 83.9 Å². The molecule has 0 saturated carbocycles. The fourth-order valence-electron chi connectivity index (χ4n) is 3.87. The second-order valence-electron chi connectivity index (χ2n) is 7.85. The average Bonchev–Trinajstić information content (AvgIpc) is 3.05. The Bertz CT molecular complexity index is 1110. The number of nitrogens with one attached hydrogen (secondary N) is 2. The summed E-state index contributed by atoms with van der Waals surface area (Å²) >= 11 is 0. The van der Waals surface area contributed by atoms with Crippen LogP contribution in [0.4, 0.5) is 4.79 Å². The molecular weight excluding hydrogens is 390 g/mol. The van der Waals surface area contributed by atoms with Crippen molar-refractivity contribution in [2.75, 3.05) is 6.54 Å². The molecule has 3 aromatic rings. The van der Waals surface area contributed by atoms with E-state index in [1.54, 1.807) is 0 Å². The second kappa shape index (κ2) is 9.00. The van der Waals surface area contributed by atoms with Crippen molar-refractivity contribution < 1.29 is 14.4 Å². The quantitative estimate of drug-likeness (QED) is 0.579. The van der Waals surface area contributed by atoms with Crippen molar-refractivity contribution in [3.63, 3.8) is 0 Å². The van der Waals surface area contributed by atoms with Crippen molar-refractivity contribution in [2.45, 2.75) is 31.8 Å². The zero-order valence-electron chi connectivity index (χ0n) is 17.4. The number of amides is 4. The molecule has 31 heavy (non-hydrogen) atoms. The molecule has 1 aliphatic heterocycles. The Kier molecular flexibility index (Phi) is 5.98. The van der Waals surface area contributed by atoms with Gasteiger partial charge in [-0.25, -0.2) is 4.79 Å². The summed E-state index contributed by atoms with van der Waals surface area (Å²) in [5.74, 6) is -0.720. The first-order chi connectivity index (χ1) is 15.0. The Morgan fingerprint density at radius 1 is 1.00 bits per heavy atom. The highest BCUT2D eigenvalue weighted by atomic mass is 16.2. The van der Waals surface area contributed by atoms with Gasteiger partial charge in [-0.1, -0.05) is 66.7 Å². The van der Waals surface area contributed by atoms with Crippen LogP contribution in [-0.2, 0) is 16.0 Å². The minimum absolute atomic E-state index is 0.244. The molecule has 0 bridgehead atoms. The fourth-order valence-corrected chi connectivity index (χ4v) is 3.87. The number of benzene rings is 3. The van der Waals surface area contributed by atoms with E-state index in [1.807, 2.05) is 79.7 Å². The maximum atomic E-state index is 12.6. The third-order valence-corrected chi connectivity index (χ3v) is 5.62. The van der Waals surface area contributed by atoms with Gasteiger partial charge in [0.1, 0.15) is 12.6 Å². The highest BCUT2D eigenvalue weighted by Crippen LogP contribution is 2.20. The van der Waals surface area contributed by atoms with E-state index in [2.05, 4.69) is 10.6 Å². The number of fused-ring (bicyclic) bond motifs is 1. The van der Waals surface area contributed by atoms with Crippen LogP contribution in [0.25, 0.3) is 10.8 Å². The lowest BCUT2D eigenvalue weighted by Gasteiger charge is -2.18. The van der Waals surface area contributed by atoms with Gasteiger partial charge in [-0.2, -0.15) is 0 Å². The van der Waals surface area contributed by atoms with Crippen LogP contribution in [0.2, 0.25) is 0 Å². The molecular formula is C25H25N3O3. The summed E-state index contributed by atoms with van der Waals surface area (Å²) in [5.41, 5.74) is 2.06. The molecule has 0 radical (unpaired) electrons. The molecule has 6 heteroatoms. The first kappa shape index (κ1) is 20.6. The molecule has 4 rings (SSSR count). The van der Waals surface area contributed by atoms with E-state index in [0.29, 0.717) is 12.8 Å². The highest BCUT2D eigenvalue weighted by molar-refractivity contribution is 6.06. The van der Waals surface area contributed by atoms with E-state index in [-0.39, 0.29) is 24.4 Å². The third kappa shape index (κ3) is 4.74. The fraction of sp³-hybridized carbons (Fsp3) is 0.240. The van der Waals surface area contributed by atoms with E-state index >= 15 is 0 Å². The zero-order valence-corrected chi connectivity index (χ0v) is 17.4. The van der Waals surface area contributed by atoms with Gasteiger partial charge in [-0.05, 0) is 47.7 Å². The van der Waals surface area contributed by atoms with Gasteiger partial charge in [0, 0.05) is 0 Å². The number of imide groups is 1. The Labute approximate surface area is 181 Å². The first-order valence-corrected chi connectivity index (χ1v) is 10.4. The van der Waals surface area contributed by atoms with Crippen molar-refractivity contribution in [2.24, 2.45) is 0 Å². The minimum Gasteiger partial charge on any atom is -0.348 e. The van der Waals surface area contributed by atoms with Crippen LogP contribution in [0.3, 0.4) is 0 Å². The minimum atomic E-state index is -0.599. The van der Waals surface area contributed by atoms with Crippen LogP contribution in [0.1, 0.15) is 30.5 Å². The van der Waals surface area contributed by atoms with Gasteiger partial charge in [0.25, 0.3) is 5.91 Å². The first-order valence-electron chi connectivity index (χ1n) is 10.4. The van der Waals surface area contributed by atoms with Gasteiger partial charge < -0.3 is 10.6 Å². The standard InChI is InChI=1S/C25H25N3O3/c1-17(20-13-12-19-9-5-6-10-21(19)15-20)26-23(29)16-28-24(30)22(27-25(28)31)14-11-18-7-3-2-4-8-18/h2-10,12-13,15,17,22H,11,14,16H2,1H3,(H,26,29)(H,27,31)/t17-,22-/m1/s1. The molecule has 4 amide bonds. The summed E-state index contributed by atoms with van der Waals surface area (Å²) < 4.78 is 0. The van der Waals surface area contributed by atoms with Gasteiger partial charge in [0.05, 0.1) is 6.04 Å². The lowest BCUT2D eigenvalue weighted by atomic mass is 10.0. The molecule has 2 N–H and O–H groups in total. The molecule has 2 atom stereocenters. The predicted octanol–water partition coefficient (Wildman–Crippen LogP) is 3.57. The van der Waals surface area contributed by atoms with Crippen LogP contribution in [0.5, 0.6) is 0 Å². The Morgan fingerprint density at radius 2 is 1.71 bits per heavy atom. The molecule has 1 heterocycles. The maximum absolute atomic E-state index is 12.6. The number of aryl methyl sites for hydroxylation is 1. The Hall–Kier alpha value is -3.67. The van der Waals surface area contributed by atoms with Gasteiger partial charge in [-0.3, -0.25) is 14.5 Å². The molecule has 0 spiro atoms. The second-order valence-corrected chi connectivity index (χ2v) is 7.85. The summed E-state index contributed by atoms with van der Waals surface area (Å²) in [6.45, 7) is 1.60. The monoisotopic (exact) mass is 415 g/mol. The summed E-state index contributed by atoms with van der Waals surface area (Å²) in [6.07, 6.45) is 1.18. The van der Waals surface area contributed by atoms with Crippen molar-refractivity contribution in [3.8, 4) is 0 Å². The van der Waals surface area contributed by atoms with Gasteiger partial charge >= 0.3 is 6.03 Å². The number of carbonyl (C=O) groups excluding carboxylic acids is 3. The number of hydrogen-bond donors (Lipinski definition) is 2. The van der Waals surface area contributed by atoms with Crippen molar-refractivity contribution in [1.82, 2.24) is 15.5 Å². The lowest BCUT2D eigenvalue weighted by Crippen LogP contribution is -2.41. The summed E-state index contributed by atoms with van der Waals surface area (Å²) in [7, 11) is 0. The Morgan fingerprint density at radius 3 is 2.48 bits per heavy atom. The number of nitrogens with zero attached hydrogens (tertiary/aromatic N) is 1. The normalized spacial score (nSPS) is 16.9. The number of carbonyl (C=O) groups is 3. The summed E-state index contributed by atoms with van der Waals surface area (Å²) in [4.78, 5) is 38.4. The summed E-state index contributed by atoms with van der Waals surface area (Å²) in [5, 5.41) is 7.80. The topological polar surface area (TPSA) is 78.5 Å². The van der Waals surface area contributed by atoms with E-state index < -0.39 is 12.1 Å². The molecule has 1 saturated heterocycles. The van der Waals surface area contributed by atoms with Gasteiger partial charge in [-0.15, -0.1) is 0 Å². The smallest absolute Gasteiger partial charge is 0.325 e. The largest absolute Gasteiger partial charge is 0.348 e. The van der Waals surface area contributed by atoms with Crippen LogP contribution in [-0.4, -0.2) is 35.3 Å². The molecule has 3 aromatic carbocycles. The molecule has 158 valence electrons. The SMILES string of the molecule is C[C@@H](NC(=O)CN1C(=O)N[C@H](CCc2ccccc2)C1=O)c1ccc2ccccc2c1. The van der Waals surface area contributed by atoms with Crippen LogP contribution >= 0.6 is 0 Å². The number of hydrogen-bond acceptors (Lipinski definition) is 3. The Balaban J connectivity index is 1.33. The molecule has 0 aliphatic carbocycles. The maximum Gasteiger partial charge on any atom is 0.325 e. The van der Waals surface area contributed by atoms with E-state index in [9.17, 15) is 14.4 Å². The predicted molar refractivity (Wildman–Crippen MR) is 119 cm³/mol. The molecule has 1 fully saturated rings. The highest BCUT2D eigenvalue weighted by Gasteiger charge is 2.38. The number of urea groups is 1. The van der Waals surface area contributed by atoms with Crippen LogP contribution in [0.15, 0.2) is 72.8 Å². The van der Waals surface area contributed by atoms with Gasteiger partial charge in [0.2, 0.25) is 5.91 Å². The molecule has 1 aliphatic rings. The molecule has 0 aromatic heterocycles. The summed E-state index contributed by atoms with van der Waals surface area (Å²) in [6, 6.07) is 22.5.